The third-order valence-corrected chi connectivity index (χ3v) is 4.91. The Kier molecular flexibility index (Phi) is 3.77. The number of hydrogen-bond donors (Lipinski definition) is 1. The van der Waals surface area contributed by atoms with Gasteiger partial charge < -0.3 is 4.90 Å². The molecule has 20 heavy (non-hydrogen) atoms. The largest absolute Gasteiger partial charge is 0.349 e. The summed E-state index contributed by atoms with van der Waals surface area (Å²) in [5, 5.41) is 8.31. The lowest BCUT2D eigenvalue weighted by molar-refractivity contribution is 0.200. The number of nitrogens with zero attached hydrogens (tertiary/aromatic N) is 1. The molecule has 1 aliphatic carbocycles. The van der Waals surface area contributed by atoms with Crippen LogP contribution in [0.4, 0.5) is 4.39 Å². The Morgan fingerprint density at radius 1 is 1.25 bits per heavy atom. The Hall–Kier alpha value is -1.38. The topological polar surface area (TPSA) is 27.1 Å². The summed E-state index contributed by atoms with van der Waals surface area (Å²) in [5.74, 6) is 1.17. The van der Waals surface area contributed by atoms with E-state index in [-0.39, 0.29) is 5.82 Å². The van der Waals surface area contributed by atoms with Crippen molar-refractivity contribution in [1.29, 1.82) is 5.41 Å². The van der Waals surface area contributed by atoms with Crippen LogP contribution in [0.25, 0.3) is 0 Å². The van der Waals surface area contributed by atoms with Crippen LogP contribution < -0.4 is 0 Å². The van der Waals surface area contributed by atoms with Crippen molar-refractivity contribution < 1.29 is 4.39 Å². The quantitative estimate of drug-likeness (QED) is 0.873. The zero-order chi connectivity index (χ0) is 14.1. The molecule has 0 bridgehead atoms. The Bertz CT molecular complexity index is 504. The highest BCUT2D eigenvalue weighted by Gasteiger charge is 2.32. The van der Waals surface area contributed by atoms with Gasteiger partial charge in [0, 0.05) is 18.2 Å². The number of hydrogen-bond acceptors (Lipinski definition) is 1. The Morgan fingerprint density at radius 3 is 2.70 bits per heavy atom. The lowest BCUT2D eigenvalue weighted by Crippen LogP contribution is -2.38. The summed E-state index contributed by atoms with van der Waals surface area (Å²) < 4.78 is 13.3. The summed E-state index contributed by atoms with van der Waals surface area (Å²) in [6, 6.07) is 5.34. The molecule has 2 nitrogen and oxygen atoms in total. The third-order valence-electron chi connectivity index (χ3n) is 4.91. The van der Waals surface area contributed by atoms with Gasteiger partial charge in [0.2, 0.25) is 0 Å². The SMILES string of the molecule is CCCC1CCC(N2Cc3ccc(F)cc3C2=N)CC1. The van der Waals surface area contributed by atoms with Crippen LogP contribution in [-0.4, -0.2) is 16.8 Å². The van der Waals surface area contributed by atoms with Gasteiger partial charge in [-0.05, 0) is 49.3 Å². The van der Waals surface area contributed by atoms with Crippen LogP contribution in [0.5, 0.6) is 0 Å². The molecule has 1 aliphatic heterocycles. The molecule has 1 aromatic carbocycles. The summed E-state index contributed by atoms with van der Waals surface area (Å²) in [7, 11) is 0. The van der Waals surface area contributed by atoms with E-state index in [2.05, 4.69) is 11.8 Å². The first kappa shape index (κ1) is 13.6. The van der Waals surface area contributed by atoms with Gasteiger partial charge in [0.1, 0.15) is 11.7 Å². The van der Waals surface area contributed by atoms with Gasteiger partial charge >= 0.3 is 0 Å². The second-order valence-corrected chi connectivity index (χ2v) is 6.24. The van der Waals surface area contributed by atoms with Crippen molar-refractivity contribution in [1.82, 2.24) is 4.90 Å². The number of halogens is 1. The predicted molar refractivity (Wildman–Crippen MR) is 79.4 cm³/mol. The van der Waals surface area contributed by atoms with Crippen molar-refractivity contribution in [3.63, 3.8) is 0 Å². The lowest BCUT2D eigenvalue weighted by atomic mass is 9.83. The first-order valence-corrected chi connectivity index (χ1v) is 7.83. The first-order valence-electron chi connectivity index (χ1n) is 7.83. The average Bonchev–Trinajstić information content (AvgIpc) is 2.77. The highest BCUT2D eigenvalue weighted by molar-refractivity contribution is 6.00. The fourth-order valence-corrected chi connectivity index (χ4v) is 3.79. The minimum atomic E-state index is -0.234. The van der Waals surface area contributed by atoms with Gasteiger partial charge in [-0.1, -0.05) is 25.8 Å². The molecule has 3 rings (SSSR count). The van der Waals surface area contributed by atoms with Gasteiger partial charge in [-0.3, -0.25) is 5.41 Å². The van der Waals surface area contributed by atoms with E-state index in [9.17, 15) is 4.39 Å². The van der Waals surface area contributed by atoms with Gasteiger partial charge in [0.05, 0.1) is 0 Å². The molecular weight excluding hydrogens is 251 g/mol. The number of rotatable bonds is 3. The Balaban J connectivity index is 1.68. The molecule has 1 N–H and O–H groups in total. The second-order valence-electron chi connectivity index (χ2n) is 6.24. The van der Waals surface area contributed by atoms with Crippen LogP contribution in [0.2, 0.25) is 0 Å². The maximum atomic E-state index is 13.3. The van der Waals surface area contributed by atoms with Gasteiger partial charge in [-0.15, -0.1) is 0 Å². The molecule has 0 spiro atoms. The average molecular weight is 274 g/mol. The fourth-order valence-electron chi connectivity index (χ4n) is 3.79. The zero-order valence-electron chi connectivity index (χ0n) is 12.2. The van der Waals surface area contributed by atoms with Crippen molar-refractivity contribution in [2.75, 3.05) is 0 Å². The molecule has 0 aromatic heterocycles. The molecule has 2 aliphatic rings. The molecule has 1 heterocycles. The highest BCUT2D eigenvalue weighted by atomic mass is 19.1. The van der Waals surface area contributed by atoms with Crippen LogP contribution in [-0.2, 0) is 6.54 Å². The third kappa shape index (κ3) is 2.46. The van der Waals surface area contributed by atoms with Gasteiger partial charge in [0.25, 0.3) is 0 Å². The van der Waals surface area contributed by atoms with Crippen LogP contribution in [0.3, 0.4) is 0 Å². The molecule has 0 amide bonds. The highest BCUT2D eigenvalue weighted by Crippen LogP contribution is 2.34. The van der Waals surface area contributed by atoms with Crippen LogP contribution in [0, 0.1) is 17.1 Å². The van der Waals surface area contributed by atoms with E-state index in [4.69, 9.17) is 5.41 Å². The zero-order valence-corrected chi connectivity index (χ0v) is 12.2. The minimum absolute atomic E-state index is 0.234. The minimum Gasteiger partial charge on any atom is -0.349 e. The van der Waals surface area contributed by atoms with E-state index in [1.54, 1.807) is 0 Å². The number of fused-ring (bicyclic) bond motifs is 1. The molecule has 1 fully saturated rings. The number of nitrogens with one attached hydrogen (secondary N) is 1. The molecule has 1 aromatic rings. The van der Waals surface area contributed by atoms with Gasteiger partial charge in [-0.25, -0.2) is 4.39 Å². The smallest absolute Gasteiger partial charge is 0.129 e. The molecule has 0 atom stereocenters. The van der Waals surface area contributed by atoms with Crippen molar-refractivity contribution in [3.8, 4) is 0 Å². The monoisotopic (exact) mass is 274 g/mol. The lowest BCUT2D eigenvalue weighted by Gasteiger charge is -2.35. The number of amidine groups is 1. The van der Waals surface area contributed by atoms with Crippen LogP contribution in [0.1, 0.15) is 56.6 Å². The summed E-state index contributed by atoms with van der Waals surface area (Å²) in [6.07, 6.45) is 7.56. The van der Waals surface area contributed by atoms with E-state index in [0.717, 1.165) is 23.6 Å². The summed E-state index contributed by atoms with van der Waals surface area (Å²) in [4.78, 5) is 2.19. The maximum absolute atomic E-state index is 13.3. The second kappa shape index (κ2) is 5.55. The van der Waals surface area contributed by atoms with E-state index in [1.165, 1.54) is 50.7 Å². The normalized spacial score (nSPS) is 25.9. The predicted octanol–water partition coefficient (Wildman–Crippen LogP) is 4.33. The molecule has 108 valence electrons. The van der Waals surface area contributed by atoms with E-state index < -0.39 is 0 Å². The molecule has 0 radical (unpaired) electrons. The van der Waals surface area contributed by atoms with Crippen molar-refractivity contribution in [2.24, 2.45) is 5.92 Å². The molecular formula is C17H23FN2. The molecule has 0 unspecified atom stereocenters. The summed E-state index contributed by atoms with van der Waals surface area (Å²) >= 11 is 0. The van der Waals surface area contributed by atoms with Gasteiger partial charge in [-0.2, -0.15) is 0 Å². The van der Waals surface area contributed by atoms with Crippen molar-refractivity contribution >= 4 is 5.84 Å². The summed E-state index contributed by atoms with van der Waals surface area (Å²) in [5.41, 5.74) is 1.90. The van der Waals surface area contributed by atoms with E-state index in [0.29, 0.717) is 11.9 Å². The Labute approximate surface area is 120 Å². The number of benzene rings is 1. The Morgan fingerprint density at radius 2 is 2.00 bits per heavy atom. The molecule has 3 heteroatoms. The molecule has 0 saturated heterocycles. The molecule has 1 saturated carbocycles. The standard InChI is InChI=1S/C17H23FN2/c1-2-3-12-4-8-15(9-5-12)20-11-13-6-7-14(18)10-16(13)17(20)19/h6-7,10,12,15,19H,2-5,8-9,11H2,1H3. The fraction of sp³-hybridized carbons (Fsp3) is 0.588. The maximum Gasteiger partial charge on any atom is 0.129 e. The van der Waals surface area contributed by atoms with Crippen LogP contribution in [0.15, 0.2) is 18.2 Å². The van der Waals surface area contributed by atoms with Crippen LogP contribution >= 0.6 is 0 Å². The van der Waals surface area contributed by atoms with E-state index in [1.807, 2.05) is 6.07 Å². The first-order chi connectivity index (χ1) is 9.69. The van der Waals surface area contributed by atoms with E-state index >= 15 is 0 Å². The van der Waals surface area contributed by atoms with Crippen molar-refractivity contribution in [2.45, 2.75) is 58.0 Å². The van der Waals surface area contributed by atoms with Crippen molar-refractivity contribution in [3.05, 3.63) is 35.1 Å². The summed E-state index contributed by atoms with van der Waals surface area (Å²) in [6.45, 7) is 3.05. The van der Waals surface area contributed by atoms with Gasteiger partial charge in [0.15, 0.2) is 0 Å².